The molecule has 0 spiro atoms. The van der Waals surface area contributed by atoms with Crippen LogP contribution in [-0.4, -0.2) is 27.1 Å². The predicted molar refractivity (Wildman–Crippen MR) is 46.1 cm³/mol. The van der Waals surface area contributed by atoms with Crippen LogP contribution in [0, 0.1) is 12.3 Å². The number of pyridine rings is 1. The second-order valence-corrected chi connectivity index (χ2v) is 2.38. The number of aromatic nitrogens is 1. The maximum Gasteiger partial charge on any atom is 0.354 e. The van der Waals surface area contributed by atoms with Crippen molar-refractivity contribution in [2.24, 2.45) is 0 Å². The van der Waals surface area contributed by atoms with Gasteiger partial charge in [-0.2, -0.15) is 0 Å². The fraction of sp³-hybridized carbons (Fsp3) is 0. The SMILES string of the molecule is C#Cc1cc(C(=O)O)nc(C(=O)O)c1. The van der Waals surface area contributed by atoms with E-state index >= 15 is 0 Å². The highest BCUT2D eigenvalue weighted by Crippen LogP contribution is 2.05. The van der Waals surface area contributed by atoms with Gasteiger partial charge in [-0.1, -0.05) is 5.92 Å². The van der Waals surface area contributed by atoms with Crippen LogP contribution < -0.4 is 0 Å². The van der Waals surface area contributed by atoms with Gasteiger partial charge in [0.2, 0.25) is 0 Å². The molecule has 0 saturated carbocycles. The lowest BCUT2D eigenvalue weighted by molar-refractivity contribution is 0.0685. The molecule has 1 rings (SSSR count). The number of hydrogen-bond donors (Lipinski definition) is 2. The Bertz CT molecular complexity index is 412. The summed E-state index contributed by atoms with van der Waals surface area (Å²) in [5.41, 5.74) is -0.578. The summed E-state index contributed by atoms with van der Waals surface area (Å²) in [5, 5.41) is 17.2. The second kappa shape index (κ2) is 3.58. The lowest BCUT2D eigenvalue weighted by atomic mass is 10.2. The largest absolute Gasteiger partial charge is 0.477 e. The van der Waals surface area contributed by atoms with Gasteiger partial charge in [0.25, 0.3) is 0 Å². The van der Waals surface area contributed by atoms with Crippen molar-refractivity contribution in [3.05, 3.63) is 29.1 Å². The van der Waals surface area contributed by atoms with Gasteiger partial charge in [0, 0.05) is 5.56 Å². The van der Waals surface area contributed by atoms with Gasteiger partial charge < -0.3 is 10.2 Å². The molecule has 0 unspecified atom stereocenters. The van der Waals surface area contributed by atoms with Gasteiger partial charge in [-0.15, -0.1) is 6.42 Å². The summed E-state index contributed by atoms with van der Waals surface area (Å²) in [6.07, 6.45) is 5.02. The van der Waals surface area contributed by atoms with E-state index in [0.29, 0.717) is 0 Å². The quantitative estimate of drug-likeness (QED) is 0.663. The van der Waals surface area contributed by atoms with Crippen molar-refractivity contribution >= 4 is 11.9 Å². The van der Waals surface area contributed by atoms with E-state index in [-0.39, 0.29) is 17.0 Å². The van der Waals surface area contributed by atoms with Gasteiger partial charge in [0.05, 0.1) is 0 Å². The van der Waals surface area contributed by atoms with Crippen LogP contribution in [0.1, 0.15) is 26.5 Å². The van der Waals surface area contributed by atoms with Crippen molar-refractivity contribution in [1.29, 1.82) is 0 Å². The first-order valence-electron chi connectivity index (χ1n) is 3.50. The summed E-state index contributed by atoms with van der Waals surface area (Å²) in [4.78, 5) is 24.4. The molecule has 14 heavy (non-hydrogen) atoms. The summed E-state index contributed by atoms with van der Waals surface area (Å²) in [7, 11) is 0. The monoisotopic (exact) mass is 191 g/mol. The molecular formula is C9H5NO4. The number of hydrogen-bond acceptors (Lipinski definition) is 3. The van der Waals surface area contributed by atoms with Crippen molar-refractivity contribution in [3.63, 3.8) is 0 Å². The number of carboxylic acids is 2. The predicted octanol–water partition coefficient (Wildman–Crippen LogP) is 0.459. The van der Waals surface area contributed by atoms with Crippen LogP contribution in [0.15, 0.2) is 12.1 Å². The van der Waals surface area contributed by atoms with Crippen LogP contribution in [0.5, 0.6) is 0 Å². The molecular weight excluding hydrogens is 186 g/mol. The average molecular weight is 191 g/mol. The van der Waals surface area contributed by atoms with Crippen molar-refractivity contribution in [3.8, 4) is 12.3 Å². The fourth-order valence-corrected chi connectivity index (χ4v) is 0.833. The number of terminal acetylenes is 1. The molecule has 0 bridgehead atoms. The molecule has 0 amide bonds. The van der Waals surface area contributed by atoms with Gasteiger partial charge in [-0.05, 0) is 12.1 Å². The van der Waals surface area contributed by atoms with E-state index in [0.717, 1.165) is 12.1 Å². The lowest BCUT2D eigenvalue weighted by Gasteiger charge is -1.98. The van der Waals surface area contributed by atoms with Crippen molar-refractivity contribution in [2.75, 3.05) is 0 Å². The van der Waals surface area contributed by atoms with E-state index in [2.05, 4.69) is 10.9 Å². The standard InChI is InChI=1S/C9H5NO4/c1-2-5-3-6(8(11)12)10-7(4-5)9(13)14/h1,3-4H,(H,11,12)(H,13,14). The Morgan fingerprint density at radius 1 is 1.21 bits per heavy atom. The molecule has 0 atom stereocenters. The molecule has 5 heteroatoms. The number of nitrogens with zero attached hydrogens (tertiary/aromatic N) is 1. The number of aromatic carboxylic acids is 2. The molecule has 1 aromatic rings. The minimum absolute atomic E-state index is 0.176. The number of carbonyl (C=O) groups is 2. The van der Waals surface area contributed by atoms with Crippen LogP contribution in [-0.2, 0) is 0 Å². The van der Waals surface area contributed by atoms with E-state index in [4.69, 9.17) is 16.6 Å². The molecule has 0 aliphatic heterocycles. The van der Waals surface area contributed by atoms with Crippen molar-refractivity contribution in [2.45, 2.75) is 0 Å². The summed E-state index contributed by atoms with van der Waals surface area (Å²) in [6.45, 7) is 0. The minimum atomic E-state index is -1.32. The lowest BCUT2D eigenvalue weighted by Crippen LogP contribution is -2.07. The van der Waals surface area contributed by atoms with Crippen LogP contribution in [0.4, 0.5) is 0 Å². The van der Waals surface area contributed by atoms with E-state index in [1.165, 1.54) is 0 Å². The molecule has 0 aromatic carbocycles. The Labute approximate surface area is 79.0 Å². The first-order valence-corrected chi connectivity index (χ1v) is 3.50. The molecule has 5 nitrogen and oxygen atoms in total. The molecule has 0 fully saturated rings. The van der Waals surface area contributed by atoms with Gasteiger partial charge in [-0.3, -0.25) is 0 Å². The Hall–Kier alpha value is -2.35. The van der Waals surface area contributed by atoms with Crippen LogP contribution in [0.25, 0.3) is 0 Å². The smallest absolute Gasteiger partial charge is 0.354 e. The molecule has 1 aromatic heterocycles. The second-order valence-electron chi connectivity index (χ2n) is 2.38. The maximum atomic E-state index is 10.5. The molecule has 70 valence electrons. The number of carboxylic acid groups (broad SMARTS) is 2. The fourth-order valence-electron chi connectivity index (χ4n) is 0.833. The minimum Gasteiger partial charge on any atom is -0.477 e. The van der Waals surface area contributed by atoms with E-state index in [9.17, 15) is 9.59 Å². The van der Waals surface area contributed by atoms with Crippen molar-refractivity contribution < 1.29 is 19.8 Å². The third kappa shape index (κ3) is 1.87. The highest BCUT2D eigenvalue weighted by atomic mass is 16.4. The third-order valence-electron chi connectivity index (χ3n) is 1.43. The molecule has 2 N–H and O–H groups in total. The highest BCUT2D eigenvalue weighted by molar-refractivity contribution is 5.90. The van der Waals surface area contributed by atoms with Crippen LogP contribution in [0.3, 0.4) is 0 Å². The number of rotatable bonds is 2. The zero-order valence-electron chi connectivity index (χ0n) is 6.89. The maximum absolute atomic E-state index is 10.5. The first kappa shape index (κ1) is 9.74. The zero-order valence-corrected chi connectivity index (χ0v) is 6.89. The van der Waals surface area contributed by atoms with Crippen LogP contribution in [0.2, 0.25) is 0 Å². The molecule has 0 radical (unpaired) electrons. The summed E-state index contributed by atoms with van der Waals surface area (Å²) < 4.78 is 0. The zero-order chi connectivity index (χ0) is 10.7. The van der Waals surface area contributed by atoms with Crippen LogP contribution >= 0.6 is 0 Å². The van der Waals surface area contributed by atoms with E-state index in [1.54, 1.807) is 0 Å². The summed E-state index contributed by atoms with van der Waals surface area (Å²) in [5.74, 6) is -0.480. The highest BCUT2D eigenvalue weighted by Gasteiger charge is 2.12. The summed E-state index contributed by atoms with van der Waals surface area (Å²) >= 11 is 0. The Kier molecular flexibility index (Phi) is 2.49. The Morgan fingerprint density at radius 2 is 1.64 bits per heavy atom. The first-order chi connectivity index (χ1) is 6.54. The summed E-state index contributed by atoms with van der Waals surface area (Å²) in [6, 6.07) is 2.27. The van der Waals surface area contributed by atoms with Gasteiger partial charge in [0.15, 0.2) is 0 Å². The Balaban J connectivity index is 3.36. The molecule has 1 heterocycles. The topological polar surface area (TPSA) is 87.5 Å². The normalized spacial score (nSPS) is 9.07. The van der Waals surface area contributed by atoms with Gasteiger partial charge in [-0.25, -0.2) is 14.6 Å². The van der Waals surface area contributed by atoms with E-state index < -0.39 is 11.9 Å². The molecule has 0 saturated heterocycles. The molecule has 0 aliphatic rings. The Morgan fingerprint density at radius 3 is 1.93 bits per heavy atom. The van der Waals surface area contributed by atoms with E-state index in [1.807, 2.05) is 0 Å². The van der Waals surface area contributed by atoms with Gasteiger partial charge >= 0.3 is 11.9 Å². The van der Waals surface area contributed by atoms with Gasteiger partial charge in [0.1, 0.15) is 11.4 Å². The molecule has 0 aliphatic carbocycles. The average Bonchev–Trinajstić information content (AvgIpc) is 2.16. The third-order valence-corrected chi connectivity index (χ3v) is 1.43. The van der Waals surface area contributed by atoms with Crippen molar-refractivity contribution in [1.82, 2.24) is 4.98 Å².